The van der Waals surface area contributed by atoms with Crippen LogP contribution in [0.1, 0.15) is 31.0 Å². The summed E-state index contributed by atoms with van der Waals surface area (Å²) in [4.78, 5) is 21.2. The van der Waals surface area contributed by atoms with E-state index in [1.54, 1.807) is 38.1 Å². The fourth-order valence-electron chi connectivity index (χ4n) is 3.61. The van der Waals surface area contributed by atoms with Gasteiger partial charge < -0.3 is 10.5 Å². The van der Waals surface area contributed by atoms with Crippen LogP contribution in [-0.2, 0) is 5.75 Å². The standard InChI is InChI=1S/C24H19F3N6OS/c1-12(2)33-22-15(10-30-24(29)31-22)7-17(23(33)34)16-8-18(25)21(20(27)19(16)26)32-35-11-14-5-3-4-13(6-14)9-28/h3-8,10,12,32H,11H2,1-2H3,(H2,29,30,31). The van der Waals surface area contributed by atoms with E-state index in [9.17, 15) is 13.6 Å². The first-order valence-corrected chi connectivity index (χ1v) is 11.4. The van der Waals surface area contributed by atoms with E-state index >= 15 is 4.39 Å². The van der Waals surface area contributed by atoms with Crippen LogP contribution in [0.15, 0.2) is 47.4 Å². The fourth-order valence-corrected chi connectivity index (χ4v) is 4.36. The fraction of sp³-hybridized carbons (Fsp3) is 0.167. The highest BCUT2D eigenvalue weighted by Gasteiger charge is 2.24. The minimum atomic E-state index is -1.46. The molecule has 0 bridgehead atoms. The number of pyridine rings is 1. The smallest absolute Gasteiger partial charge is 0.260 e. The maximum absolute atomic E-state index is 15.1. The van der Waals surface area contributed by atoms with Crippen molar-refractivity contribution < 1.29 is 13.2 Å². The summed E-state index contributed by atoms with van der Waals surface area (Å²) in [5.41, 5.74) is 4.98. The molecule has 2 aromatic heterocycles. The van der Waals surface area contributed by atoms with E-state index in [1.807, 2.05) is 6.07 Å². The maximum atomic E-state index is 15.1. The Hall–Kier alpha value is -4.04. The number of hydrogen-bond donors (Lipinski definition) is 2. The highest BCUT2D eigenvalue weighted by molar-refractivity contribution is 7.99. The number of rotatable bonds is 6. The molecule has 0 atom stereocenters. The number of benzene rings is 2. The summed E-state index contributed by atoms with van der Waals surface area (Å²) in [6.07, 6.45) is 1.36. The first kappa shape index (κ1) is 24.1. The predicted octanol–water partition coefficient (Wildman–Crippen LogP) is 5.17. The van der Waals surface area contributed by atoms with Crippen molar-refractivity contribution in [1.82, 2.24) is 14.5 Å². The summed E-state index contributed by atoms with van der Waals surface area (Å²) in [7, 11) is 0. The minimum absolute atomic E-state index is 0.0467. The Bertz CT molecular complexity index is 1550. The van der Waals surface area contributed by atoms with Crippen LogP contribution in [0, 0.1) is 28.8 Å². The van der Waals surface area contributed by atoms with Crippen molar-refractivity contribution in [2.24, 2.45) is 0 Å². The Morgan fingerprint density at radius 1 is 1.17 bits per heavy atom. The van der Waals surface area contributed by atoms with Gasteiger partial charge in [0, 0.05) is 28.9 Å². The van der Waals surface area contributed by atoms with Crippen LogP contribution in [0.25, 0.3) is 22.2 Å². The number of fused-ring (bicyclic) bond motifs is 1. The lowest BCUT2D eigenvalue weighted by atomic mass is 10.0. The van der Waals surface area contributed by atoms with E-state index in [1.165, 1.54) is 16.8 Å². The number of anilines is 2. The lowest BCUT2D eigenvalue weighted by Gasteiger charge is -2.16. The van der Waals surface area contributed by atoms with Crippen molar-refractivity contribution in [1.29, 1.82) is 5.26 Å². The third-order valence-electron chi connectivity index (χ3n) is 5.23. The van der Waals surface area contributed by atoms with Gasteiger partial charge in [-0.05, 0) is 55.6 Å². The highest BCUT2D eigenvalue weighted by Crippen LogP contribution is 2.33. The average molecular weight is 497 g/mol. The Labute approximate surface area is 202 Å². The van der Waals surface area contributed by atoms with Gasteiger partial charge in [0.2, 0.25) is 5.95 Å². The highest BCUT2D eigenvalue weighted by atomic mass is 32.2. The van der Waals surface area contributed by atoms with E-state index in [-0.39, 0.29) is 22.9 Å². The summed E-state index contributed by atoms with van der Waals surface area (Å²) in [6, 6.07) is 10.4. The quantitative estimate of drug-likeness (QED) is 0.280. The van der Waals surface area contributed by atoms with Crippen LogP contribution in [-0.4, -0.2) is 14.5 Å². The van der Waals surface area contributed by atoms with Crippen LogP contribution in [0.4, 0.5) is 24.8 Å². The molecule has 2 heterocycles. The summed E-state index contributed by atoms with van der Waals surface area (Å²) in [5.74, 6) is -3.67. The Morgan fingerprint density at radius 3 is 2.66 bits per heavy atom. The number of nitrogens with two attached hydrogens (primary N) is 1. The second-order valence-electron chi connectivity index (χ2n) is 7.95. The second-order valence-corrected chi connectivity index (χ2v) is 8.73. The van der Waals surface area contributed by atoms with Crippen LogP contribution >= 0.6 is 11.9 Å². The largest absolute Gasteiger partial charge is 0.368 e. The molecule has 0 aliphatic carbocycles. The molecule has 4 aromatic rings. The number of nitrogen functional groups attached to an aromatic ring is 1. The number of nitrogens with zero attached hydrogens (tertiary/aromatic N) is 4. The van der Waals surface area contributed by atoms with E-state index in [0.29, 0.717) is 10.9 Å². The van der Waals surface area contributed by atoms with Gasteiger partial charge in [-0.15, -0.1) is 0 Å². The van der Waals surface area contributed by atoms with Crippen molar-refractivity contribution in [2.75, 3.05) is 10.5 Å². The predicted molar refractivity (Wildman–Crippen MR) is 130 cm³/mol. The van der Waals surface area contributed by atoms with Crippen molar-refractivity contribution in [3.8, 4) is 17.2 Å². The summed E-state index contributed by atoms with van der Waals surface area (Å²) < 4.78 is 48.7. The first-order valence-electron chi connectivity index (χ1n) is 10.4. The molecule has 0 aliphatic rings. The molecule has 178 valence electrons. The molecule has 0 unspecified atom stereocenters. The van der Waals surface area contributed by atoms with Gasteiger partial charge in [-0.25, -0.2) is 18.2 Å². The van der Waals surface area contributed by atoms with Gasteiger partial charge >= 0.3 is 0 Å². The molecule has 2 aromatic carbocycles. The van der Waals surface area contributed by atoms with Crippen LogP contribution in [0.5, 0.6) is 0 Å². The zero-order chi connectivity index (χ0) is 25.3. The molecule has 11 heteroatoms. The lowest BCUT2D eigenvalue weighted by Crippen LogP contribution is -2.25. The molecule has 0 saturated heterocycles. The molecular formula is C24H19F3N6OS. The van der Waals surface area contributed by atoms with Gasteiger partial charge in [-0.2, -0.15) is 10.2 Å². The van der Waals surface area contributed by atoms with E-state index in [4.69, 9.17) is 11.0 Å². The minimum Gasteiger partial charge on any atom is -0.368 e. The van der Waals surface area contributed by atoms with E-state index in [2.05, 4.69) is 14.7 Å². The van der Waals surface area contributed by atoms with Gasteiger partial charge in [0.15, 0.2) is 17.5 Å². The number of hydrogen-bond acceptors (Lipinski definition) is 7. The topological polar surface area (TPSA) is 110 Å². The number of nitrogens with one attached hydrogen (secondary N) is 1. The van der Waals surface area contributed by atoms with Gasteiger partial charge in [0.1, 0.15) is 11.3 Å². The molecule has 0 amide bonds. The van der Waals surface area contributed by atoms with Gasteiger partial charge in [0.25, 0.3) is 5.56 Å². The zero-order valence-electron chi connectivity index (χ0n) is 18.6. The van der Waals surface area contributed by atoms with Gasteiger partial charge in [0.05, 0.1) is 17.2 Å². The van der Waals surface area contributed by atoms with Crippen LogP contribution < -0.4 is 16.0 Å². The maximum Gasteiger partial charge on any atom is 0.260 e. The van der Waals surface area contributed by atoms with Crippen molar-refractivity contribution in [3.63, 3.8) is 0 Å². The normalized spacial score (nSPS) is 11.1. The molecule has 0 aliphatic heterocycles. The van der Waals surface area contributed by atoms with Crippen molar-refractivity contribution in [2.45, 2.75) is 25.6 Å². The summed E-state index contributed by atoms with van der Waals surface area (Å²) in [5, 5.41) is 9.34. The van der Waals surface area contributed by atoms with Crippen LogP contribution in [0.2, 0.25) is 0 Å². The Morgan fingerprint density at radius 2 is 1.94 bits per heavy atom. The first-order chi connectivity index (χ1) is 16.7. The van der Waals surface area contributed by atoms with Crippen LogP contribution in [0.3, 0.4) is 0 Å². The molecular weight excluding hydrogens is 477 g/mol. The van der Waals surface area contributed by atoms with E-state index in [0.717, 1.165) is 23.6 Å². The number of nitriles is 1. The number of aromatic nitrogens is 3. The molecule has 3 N–H and O–H groups in total. The summed E-state index contributed by atoms with van der Waals surface area (Å²) in [6.45, 7) is 3.44. The molecule has 0 saturated carbocycles. The third-order valence-corrected chi connectivity index (χ3v) is 6.05. The Balaban J connectivity index is 1.72. The molecule has 7 nitrogen and oxygen atoms in total. The molecule has 35 heavy (non-hydrogen) atoms. The monoisotopic (exact) mass is 496 g/mol. The second kappa shape index (κ2) is 9.68. The SMILES string of the molecule is CC(C)n1c(=O)c(-c2cc(F)c(NSCc3cccc(C#N)c3)c(F)c2F)cc2cnc(N)nc21. The zero-order valence-corrected chi connectivity index (χ0v) is 19.5. The molecule has 0 radical (unpaired) electrons. The van der Waals surface area contributed by atoms with Crippen molar-refractivity contribution in [3.05, 3.63) is 81.5 Å². The van der Waals surface area contributed by atoms with E-state index < -0.39 is 40.3 Å². The lowest BCUT2D eigenvalue weighted by molar-refractivity contribution is 0.502. The van der Waals surface area contributed by atoms with Crippen molar-refractivity contribution >= 4 is 34.6 Å². The number of halogens is 3. The average Bonchev–Trinajstić information content (AvgIpc) is 2.83. The van der Waals surface area contributed by atoms with Gasteiger partial charge in [-0.3, -0.25) is 9.36 Å². The molecule has 0 fully saturated rings. The molecule has 0 spiro atoms. The van der Waals surface area contributed by atoms with Gasteiger partial charge in [-0.1, -0.05) is 12.1 Å². The third kappa shape index (κ3) is 4.65. The molecule has 4 rings (SSSR count). The Kier molecular flexibility index (Phi) is 6.66. The summed E-state index contributed by atoms with van der Waals surface area (Å²) >= 11 is 0.930.